The summed E-state index contributed by atoms with van der Waals surface area (Å²) in [6, 6.07) is 17.7. The molecule has 2 fully saturated rings. The van der Waals surface area contributed by atoms with Crippen LogP contribution in [0.15, 0.2) is 54.6 Å². The molecule has 2 aromatic rings. The van der Waals surface area contributed by atoms with Gasteiger partial charge in [-0.05, 0) is 42.8 Å². The number of hydrogen-bond donors (Lipinski definition) is 1. The number of rotatable bonds is 4. The summed E-state index contributed by atoms with van der Waals surface area (Å²) in [5, 5.41) is 2.45. The number of nitrogens with zero attached hydrogens (tertiary/aromatic N) is 1. The van der Waals surface area contributed by atoms with Crippen LogP contribution in [0.1, 0.15) is 18.4 Å². The first-order valence-corrected chi connectivity index (χ1v) is 8.51. The van der Waals surface area contributed by atoms with Gasteiger partial charge in [-0.2, -0.15) is 0 Å². The number of carbonyl (C=O) groups excluding carboxylic acids is 2. The van der Waals surface area contributed by atoms with E-state index in [0.717, 1.165) is 36.6 Å². The molecule has 2 aromatic carbocycles. The van der Waals surface area contributed by atoms with Crippen molar-refractivity contribution in [3.63, 3.8) is 0 Å². The van der Waals surface area contributed by atoms with Gasteiger partial charge in [-0.25, -0.2) is 0 Å². The van der Waals surface area contributed by atoms with E-state index in [9.17, 15) is 9.59 Å². The maximum absolute atomic E-state index is 12.1. The minimum atomic E-state index is -0.519. The smallest absolute Gasteiger partial charge is 0.234 e. The van der Waals surface area contributed by atoms with E-state index < -0.39 is 5.41 Å². The second-order valence-electron chi connectivity index (χ2n) is 6.86. The molecular weight excluding hydrogens is 316 g/mol. The fourth-order valence-corrected chi connectivity index (χ4v) is 3.70. The van der Waals surface area contributed by atoms with Crippen molar-refractivity contribution >= 4 is 11.8 Å². The molecule has 2 saturated heterocycles. The first-order chi connectivity index (χ1) is 12.1. The van der Waals surface area contributed by atoms with Crippen LogP contribution in [0.3, 0.4) is 0 Å². The van der Waals surface area contributed by atoms with Gasteiger partial charge in [0.15, 0.2) is 0 Å². The second kappa shape index (κ2) is 6.33. The summed E-state index contributed by atoms with van der Waals surface area (Å²) in [6.45, 7) is 2.20. The van der Waals surface area contributed by atoms with Gasteiger partial charge < -0.3 is 4.74 Å². The molecule has 128 valence electrons. The highest BCUT2D eigenvalue weighted by Gasteiger charge is 2.50. The number of carbonyl (C=O) groups is 2. The summed E-state index contributed by atoms with van der Waals surface area (Å²) < 4.78 is 5.88. The average molecular weight is 336 g/mol. The van der Waals surface area contributed by atoms with Gasteiger partial charge in [0.2, 0.25) is 11.8 Å². The Hall–Kier alpha value is -2.66. The summed E-state index contributed by atoms with van der Waals surface area (Å²) in [5.74, 6) is 1.35. The molecule has 0 aliphatic carbocycles. The zero-order chi connectivity index (χ0) is 17.3. The van der Waals surface area contributed by atoms with Crippen molar-refractivity contribution in [2.24, 2.45) is 5.41 Å². The third kappa shape index (κ3) is 3.28. The molecular formula is C20H20N2O3. The lowest BCUT2D eigenvalue weighted by Crippen LogP contribution is -2.34. The maximum Gasteiger partial charge on any atom is 0.234 e. The van der Waals surface area contributed by atoms with Gasteiger partial charge in [0.1, 0.15) is 11.5 Å². The molecule has 2 amide bonds. The van der Waals surface area contributed by atoms with Crippen LogP contribution < -0.4 is 10.1 Å². The molecule has 5 heteroatoms. The lowest BCUT2D eigenvalue weighted by atomic mass is 9.85. The van der Waals surface area contributed by atoms with Gasteiger partial charge in [0.05, 0.1) is 5.41 Å². The van der Waals surface area contributed by atoms with Crippen LogP contribution in [0.2, 0.25) is 0 Å². The first-order valence-electron chi connectivity index (χ1n) is 8.51. The largest absolute Gasteiger partial charge is 0.457 e. The Morgan fingerprint density at radius 1 is 1.04 bits per heavy atom. The SMILES string of the molecule is O=C1C[C@@]2(CCN(Cc3cccc(Oc4ccccc4)c3)C2)C(=O)N1. The number of hydrogen-bond acceptors (Lipinski definition) is 4. The molecule has 2 aliphatic rings. The molecule has 0 saturated carbocycles. The summed E-state index contributed by atoms with van der Waals surface area (Å²) >= 11 is 0. The zero-order valence-electron chi connectivity index (χ0n) is 13.9. The Morgan fingerprint density at radius 3 is 2.60 bits per heavy atom. The third-order valence-corrected chi connectivity index (χ3v) is 4.95. The number of ether oxygens (including phenoxy) is 1. The number of imide groups is 1. The molecule has 1 spiro atoms. The van der Waals surface area contributed by atoms with Crippen LogP contribution >= 0.6 is 0 Å². The zero-order valence-corrected chi connectivity index (χ0v) is 13.9. The highest BCUT2D eigenvalue weighted by atomic mass is 16.5. The highest BCUT2D eigenvalue weighted by molar-refractivity contribution is 6.06. The standard InChI is InChI=1S/C20H20N2O3/c23-18-12-20(19(24)21-18)9-10-22(14-20)13-15-5-4-8-17(11-15)25-16-6-2-1-3-7-16/h1-8,11H,9-10,12-14H2,(H,21,23,24)/t20-/m1/s1. The van der Waals surface area contributed by atoms with Gasteiger partial charge in [0, 0.05) is 19.5 Å². The quantitative estimate of drug-likeness (QED) is 0.872. The molecule has 0 bridgehead atoms. The minimum absolute atomic E-state index is 0.110. The van der Waals surface area contributed by atoms with E-state index in [-0.39, 0.29) is 11.8 Å². The van der Waals surface area contributed by atoms with Crippen LogP contribution in [0.5, 0.6) is 11.5 Å². The predicted octanol–water partition coefficient (Wildman–Crippen LogP) is 2.72. The Bertz CT molecular complexity index is 806. The van der Waals surface area contributed by atoms with Crippen molar-refractivity contribution in [1.29, 1.82) is 0 Å². The summed E-state index contributed by atoms with van der Waals surface area (Å²) in [5.41, 5.74) is 0.616. The molecule has 2 heterocycles. The van der Waals surface area contributed by atoms with Gasteiger partial charge in [-0.3, -0.25) is 19.8 Å². The van der Waals surface area contributed by atoms with E-state index in [0.29, 0.717) is 13.0 Å². The summed E-state index contributed by atoms with van der Waals surface area (Å²) in [6.07, 6.45) is 1.06. The van der Waals surface area contributed by atoms with Crippen molar-refractivity contribution in [3.8, 4) is 11.5 Å². The molecule has 2 aliphatic heterocycles. The molecule has 4 rings (SSSR count). The normalized spacial score (nSPS) is 23.2. The molecule has 1 atom stereocenters. The van der Waals surface area contributed by atoms with E-state index in [1.54, 1.807) is 0 Å². The van der Waals surface area contributed by atoms with Crippen molar-refractivity contribution in [2.45, 2.75) is 19.4 Å². The lowest BCUT2D eigenvalue weighted by Gasteiger charge is -2.20. The van der Waals surface area contributed by atoms with Crippen LogP contribution in [0.25, 0.3) is 0 Å². The monoisotopic (exact) mass is 336 g/mol. The molecule has 25 heavy (non-hydrogen) atoms. The van der Waals surface area contributed by atoms with Crippen LogP contribution in [-0.4, -0.2) is 29.8 Å². The van der Waals surface area contributed by atoms with Crippen LogP contribution in [-0.2, 0) is 16.1 Å². The summed E-state index contributed by atoms with van der Waals surface area (Å²) in [4.78, 5) is 25.9. The van der Waals surface area contributed by atoms with Crippen LogP contribution in [0.4, 0.5) is 0 Å². The van der Waals surface area contributed by atoms with E-state index >= 15 is 0 Å². The fraction of sp³-hybridized carbons (Fsp3) is 0.300. The third-order valence-electron chi connectivity index (χ3n) is 4.95. The average Bonchev–Trinajstić information content (AvgIpc) is 3.12. The maximum atomic E-state index is 12.1. The van der Waals surface area contributed by atoms with Crippen molar-refractivity contribution in [2.75, 3.05) is 13.1 Å². The van der Waals surface area contributed by atoms with Gasteiger partial charge in [0.25, 0.3) is 0 Å². The Labute approximate surface area is 146 Å². The number of benzene rings is 2. The van der Waals surface area contributed by atoms with E-state index in [1.165, 1.54) is 0 Å². The van der Waals surface area contributed by atoms with E-state index in [4.69, 9.17) is 4.74 Å². The second-order valence-corrected chi connectivity index (χ2v) is 6.86. The number of likely N-dealkylation sites (tertiary alicyclic amines) is 1. The number of amides is 2. The Kier molecular flexibility index (Phi) is 4.01. The molecule has 5 nitrogen and oxygen atoms in total. The minimum Gasteiger partial charge on any atom is -0.457 e. The van der Waals surface area contributed by atoms with E-state index in [2.05, 4.69) is 16.3 Å². The lowest BCUT2D eigenvalue weighted by molar-refractivity contribution is -0.128. The Balaban J connectivity index is 1.43. The molecule has 0 aromatic heterocycles. The highest BCUT2D eigenvalue weighted by Crippen LogP contribution is 2.38. The van der Waals surface area contributed by atoms with Gasteiger partial charge in [-0.15, -0.1) is 0 Å². The predicted molar refractivity (Wildman–Crippen MR) is 93.1 cm³/mol. The van der Waals surface area contributed by atoms with Crippen molar-refractivity contribution in [1.82, 2.24) is 10.2 Å². The van der Waals surface area contributed by atoms with Gasteiger partial charge in [-0.1, -0.05) is 30.3 Å². The Morgan fingerprint density at radius 2 is 1.84 bits per heavy atom. The number of para-hydroxylation sites is 1. The molecule has 0 unspecified atom stereocenters. The van der Waals surface area contributed by atoms with Crippen molar-refractivity contribution < 1.29 is 14.3 Å². The summed E-state index contributed by atoms with van der Waals surface area (Å²) in [7, 11) is 0. The molecule has 0 radical (unpaired) electrons. The topological polar surface area (TPSA) is 58.6 Å². The van der Waals surface area contributed by atoms with E-state index in [1.807, 2.05) is 48.5 Å². The first kappa shape index (κ1) is 15.8. The molecule has 1 N–H and O–H groups in total. The van der Waals surface area contributed by atoms with Crippen LogP contribution in [0, 0.1) is 5.41 Å². The fourth-order valence-electron chi connectivity index (χ4n) is 3.70. The van der Waals surface area contributed by atoms with Gasteiger partial charge >= 0.3 is 0 Å². The van der Waals surface area contributed by atoms with Crippen molar-refractivity contribution in [3.05, 3.63) is 60.2 Å². The number of nitrogens with one attached hydrogen (secondary N) is 1.